The van der Waals surface area contributed by atoms with Gasteiger partial charge in [-0.15, -0.1) is 0 Å². The molecule has 0 aromatic carbocycles. The summed E-state index contributed by atoms with van der Waals surface area (Å²) < 4.78 is 0. The monoisotopic (exact) mass is 807 g/mol. The van der Waals surface area contributed by atoms with Crippen molar-refractivity contribution in [3.8, 4) is 0 Å². The minimum absolute atomic E-state index is 0.381. The lowest BCUT2D eigenvalue weighted by Crippen LogP contribution is -2.61. The molecule has 1 fully saturated rings. The number of carboxylic acids is 2. The number of thiol groups is 1. The van der Waals surface area contributed by atoms with Gasteiger partial charge in [0.1, 0.15) is 42.3 Å². The predicted octanol–water partition coefficient (Wildman–Crippen LogP) is -7.73. The summed E-state index contributed by atoms with van der Waals surface area (Å²) in [5.74, 6) is -11.4. The fraction of sp³-hybridized carbons (Fsp3) is 0.667. The van der Waals surface area contributed by atoms with Crippen LogP contribution in [0.3, 0.4) is 0 Å². The lowest BCUT2D eigenvalue weighted by Gasteiger charge is -2.26. The second-order valence-electron chi connectivity index (χ2n) is 12.3. The fourth-order valence-corrected chi connectivity index (χ4v) is 5.04. The molecule has 55 heavy (non-hydrogen) atoms. The number of rotatable bonds is 25. The van der Waals surface area contributed by atoms with Crippen molar-refractivity contribution in [1.82, 2.24) is 42.5 Å². The van der Waals surface area contributed by atoms with Crippen molar-refractivity contribution >= 4 is 71.8 Å². The van der Waals surface area contributed by atoms with E-state index in [2.05, 4.69) is 49.8 Å². The van der Waals surface area contributed by atoms with E-state index >= 15 is 0 Å². The van der Waals surface area contributed by atoms with Gasteiger partial charge in [0.15, 0.2) is 0 Å². The van der Waals surface area contributed by atoms with E-state index in [4.69, 9.17) is 15.9 Å². The highest BCUT2D eigenvalue weighted by Crippen LogP contribution is 2.06. The van der Waals surface area contributed by atoms with Crippen LogP contribution >= 0.6 is 12.6 Å². The molecule has 1 heterocycles. The first-order chi connectivity index (χ1) is 25.9. The molecule has 8 atom stereocenters. The molecule has 1 aliphatic rings. The normalized spacial score (nSPS) is 17.4. The van der Waals surface area contributed by atoms with Crippen molar-refractivity contribution < 1.29 is 73.5 Å². The number of aliphatic hydroxyl groups is 3. The summed E-state index contributed by atoms with van der Waals surface area (Å²) in [5.41, 5.74) is 5.19. The Morgan fingerprint density at radius 1 is 0.636 bits per heavy atom. The Kier molecular flexibility index (Phi) is 21.2. The maximum absolute atomic E-state index is 13.2. The number of nitrogens with one attached hydrogen (secondary N) is 8. The van der Waals surface area contributed by atoms with Gasteiger partial charge < -0.3 is 73.8 Å². The molecule has 15 N–H and O–H groups in total. The van der Waals surface area contributed by atoms with Gasteiger partial charge in [0.05, 0.1) is 25.9 Å². The van der Waals surface area contributed by atoms with Gasteiger partial charge in [-0.2, -0.15) is 12.6 Å². The Labute approximate surface area is 319 Å². The third-order valence-electron chi connectivity index (χ3n) is 7.96. The highest BCUT2D eigenvalue weighted by Gasteiger charge is 2.34. The molecule has 0 unspecified atom stereocenters. The van der Waals surface area contributed by atoms with Crippen LogP contribution in [0.2, 0.25) is 0 Å². The van der Waals surface area contributed by atoms with Crippen LogP contribution in [-0.4, -0.2) is 165 Å². The molecule has 1 rings (SSSR count). The van der Waals surface area contributed by atoms with Crippen LogP contribution in [0, 0.1) is 0 Å². The number of aliphatic carboxylic acids is 2. The second kappa shape index (κ2) is 24.3. The molecule has 0 spiro atoms. The number of nitrogens with two attached hydrogens (primary N) is 1. The molecule has 25 heteroatoms. The van der Waals surface area contributed by atoms with Crippen molar-refractivity contribution in [2.45, 2.75) is 93.8 Å². The van der Waals surface area contributed by atoms with Gasteiger partial charge in [-0.05, 0) is 39.2 Å². The van der Waals surface area contributed by atoms with Crippen molar-refractivity contribution in [2.75, 3.05) is 32.1 Å². The topological polar surface area (TPSA) is 394 Å². The molecule has 8 amide bonds. The molecule has 310 valence electrons. The van der Waals surface area contributed by atoms with Gasteiger partial charge in [0, 0.05) is 18.6 Å². The van der Waals surface area contributed by atoms with Crippen molar-refractivity contribution in [3.63, 3.8) is 0 Å². The molecular weight excluding hydrogens is 758 g/mol. The van der Waals surface area contributed by atoms with E-state index in [-0.39, 0.29) is 6.42 Å². The van der Waals surface area contributed by atoms with Gasteiger partial charge in [-0.25, -0.2) is 0 Å². The van der Waals surface area contributed by atoms with Crippen LogP contribution in [0.4, 0.5) is 0 Å². The van der Waals surface area contributed by atoms with E-state index in [1.807, 2.05) is 5.32 Å². The zero-order chi connectivity index (χ0) is 41.8. The largest absolute Gasteiger partial charge is 0.481 e. The number of carbonyl (C=O) groups excluding carboxylic acids is 8. The number of primary amides is 1. The van der Waals surface area contributed by atoms with E-state index < -0.39 is 152 Å². The predicted molar refractivity (Wildman–Crippen MR) is 188 cm³/mol. The van der Waals surface area contributed by atoms with Crippen LogP contribution in [0.1, 0.15) is 45.4 Å². The fourth-order valence-electron chi connectivity index (χ4n) is 4.79. The number of carboxylic acid groups (broad SMARTS) is 2. The smallest absolute Gasteiger partial charge is 0.325 e. The van der Waals surface area contributed by atoms with Crippen LogP contribution in [0.25, 0.3) is 0 Å². The zero-order valence-corrected chi connectivity index (χ0v) is 30.6. The molecule has 0 aromatic heterocycles. The second-order valence-corrected chi connectivity index (χ2v) is 12.6. The number of aliphatic hydroxyl groups excluding tert-OH is 3. The highest BCUT2D eigenvalue weighted by molar-refractivity contribution is 7.80. The molecule has 0 aliphatic carbocycles. The quantitative estimate of drug-likeness (QED) is 0.0381. The first kappa shape index (κ1) is 47.9. The standard InChI is InChI=1S/C30H49N9O15S/c1-13(30(53)54)33-24(47)16(5-7-22(44)45)35-27(50)18(10-41)37-28(51)19(11-42)38-29(52)20(12-55)39-25(48)15(4-6-21(31)43)34-26(49)17(9-40)36-23(46)14-3-2-8-32-14/h13-20,32,40-42,55H,2-12H2,1H3,(H2,31,43)(H,33,47)(H,34,49)(H,35,50)(H,36,46)(H,37,51)(H,38,52)(H,39,48)(H,44,45)(H,53,54)/t13-,14-,15-,16-,17-,18-,19-,20-/m0/s1. The van der Waals surface area contributed by atoms with E-state index in [0.29, 0.717) is 19.4 Å². The van der Waals surface area contributed by atoms with Gasteiger partial charge >= 0.3 is 11.9 Å². The summed E-state index contributed by atoms with van der Waals surface area (Å²) in [5, 5.41) is 65.5. The van der Waals surface area contributed by atoms with Gasteiger partial charge in [0.25, 0.3) is 0 Å². The summed E-state index contributed by atoms with van der Waals surface area (Å²) in [4.78, 5) is 124. The van der Waals surface area contributed by atoms with Gasteiger partial charge in [-0.1, -0.05) is 0 Å². The molecule has 0 saturated carbocycles. The molecule has 1 aliphatic heterocycles. The summed E-state index contributed by atoms with van der Waals surface area (Å²) in [7, 11) is 0. The minimum atomic E-state index is -1.84. The third-order valence-corrected chi connectivity index (χ3v) is 8.33. The maximum Gasteiger partial charge on any atom is 0.325 e. The maximum atomic E-state index is 13.2. The molecule has 0 aromatic rings. The lowest BCUT2D eigenvalue weighted by molar-refractivity contribution is -0.142. The Morgan fingerprint density at radius 2 is 1.04 bits per heavy atom. The van der Waals surface area contributed by atoms with Crippen LogP contribution < -0.4 is 48.3 Å². The molecule has 0 bridgehead atoms. The molecule has 24 nitrogen and oxygen atoms in total. The Hall–Kier alpha value is -5.11. The number of amides is 8. The Morgan fingerprint density at radius 3 is 1.44 bits per heavy atom. The van der Waals surface area contributed by atoms with Crippen LogP contribution in [0.15, 0.2) is 0 Å². The van der Waals surface area contributed by atoms with E-state index in [0.717, 1.165) is 6.92 Å². The van der Waals surface area contributed by atoms with E-state index in [1.54, 1.807) is 0 Å². The SMILES string of the molecule is C[C@H](NC(=O)[C@H](CCC(=O)O)NC(=O)[C@H](CO)NC(=O)[C@H](CO)NC(=O)[C@H](CS)NC(=O)[C@H](CCC(N)=O)NC(=O)[C@H](CO)NC(=O)[C@@H]1CCCN1)C(=O)O. The van der Waals surface area contributed by atoms with Gasteiger partial charge in [-0.3, -0.25) is 47.9 Å². The summed E-state index contributed by atoms with van der Waals surface area (Å²) >= 11 is 4.02. The van der Waals surface area contributed by atoms with Crippen LogP contribution in [-0.2, 0) is 47.9 Å². The highest BCUT2D eigenvalue weighted by atomic mass is 32.1. The lowest BCUT2D eigenvalue weighted by atomic mass is 10.1. The third kappa shape index (κ3) is 16.8. The van der Waals surface area contributed by atoms with E-state index in [1.165, 1.54) is 0 Å². The average molecular weight is 808 g/mol. The Balaban J connectivity index is 3.00. The van der Waals surface area contributed by atoms with Crippen molar-refractivity contribution in [3.05, 3.63) is 0 Å². The van der Waals surface area contributed by atoms with Crippen molar-refractivity contribution in [1.29, 1.82) is 0 Å². The number of hydrogen-bond donors (Lipinski definition) is 15. The zero-order valence-electron chi connectivity index (χ0n) is 29.7. The summed E-state index contributed by atoms with van der Waals surface area (Å²) in [6.07, 6.45) is -0.751. The first-order valence-electron chi connectivity index (χ1n) is 16.9. The molecular formula is C30H49N9O15S. The number of hydrogen-bond acceptors (Lipinski definition) is 15. The number of carbonyl (C=O) groups is 10. The summed E-state index contributed by atoms with van der Waals surface area (Å²) in [6.45, 7) is -1.37. The molecule has 0 radical (unpaired) electrons. The molecule has 1 saturated heterocycles. The average Bonchev–Trinajstić information content (AvgIpc) is 3.68. The van der Waals surface area contributed by atoms with Crippen LogP contribution in [0.5, 0.6) is 0 Å². The van der Waals surface area contributed by atoms with Crippen molar-refractivity contribution in [2.24, 2.45) is 5.73 Å². The summed E-state index contributed by atoms with van der Waals surface area (Å²) in [6, 6.07) is -11.9. The van der Waals surface area contributed by atoms with Gasteiger partial charge in [0.2, 0.25) is 47.3 Å². The minimum Gasteiger partial charge on any atom is -0.481 e. The van der Waals surface area contributed by atoms with E-state index in [9.17, 15) is 63.3 Å². The first-order valence-corrected chi connectivity index (χ1v) is 17.5. The Bertz CT molecular complexity index is 1420.